The van der Waals surface area contributed by atoms with Gasteiger partial charge in [0.25, 0.3) is 5.56 Å². The summed E-state index contributed by atoms with van der Waals surface area (Å²) in [6.07, 6.45) is 0.629. The van der Waals surface area contributed by atoms with Crippen molar-refractivity contribution in [2.24, 2.45) is 0 Å². The van der Waals surface area contributed by atoms with Crippen LogP contribution in [-0.2, 0) is 11.2 Å². The molecule has 6 heteroatoms. The molecule has 122 valence electrons. The van der Waals surface area contributed by atoms with Crippen molar-refractivity contribution in [3.63, 3.8) is 0 Å². The molecule has 0 radical (unpaired) electrons. The van der Waals surface area contributed by atoms with Gasteiger partial charge in [0.1, 0.15) is 0 Å². The topological polar surface area (TPSA) is 77.8 Å². The molecule has 0 aliphatic carbocycles. The number of carbonyl (C=O) groups is 1. The number of nitrogens with one attached hydrogen (secondary N) is 3. The molecule has 1 aromatic heterocycles. The van der Waals surface area contributed by atoms with E-state index in [0.717, 1.165) is 11.1 Å². The van der Waals surface area contributed by atoms with Crippen LogP contribution in [0.15, 0.2) is 29.1 Å². The number of aromatic nitrogens is 2. The maximum atomic E-state index is 12.1. The average Bonchev–Trinajstić information content (AvgIpc) is 2.46. The van der Waals surface area contributed by atoms with E-state index in [1.807, 2.05) is 38.1 Å². The van der Waals surface area contributed by atoms with Crippen LogP contribution in [0.2, 0.25) is 0 Å². The standard InChI is InChI=1S/C17H21N3O2S/c1-10-6-4-5-7-13(10)11(2)18-15(21)9-8-14-12(3)19-17(23)20-16(14)22/h4-7,11H,8-9H2,1-3H3,(H,18,21)(H2,19,20,22,23)/t11-/m0/s1. The highest BCUT2D eigenvalue weighted by Gasteiger charge is 2.13. The minimum absolute atomic E-state index is 0.0651. The molecule has 1 amide bonds. The number of carbonyl (C=O) groups excluding carboxylic acids is 1. The number of rotatable bonds is 5. The van der Waals surface area contributed by atoms with E-state index in [4.69, 9.17) is 12.2 Å². The van der Waals surface area contributed by atoms with Gasteiger partial charge < -0.3 is 10.3 Å². The second-order valence-electron chi connectivity index (χ2n) is 5.66. The fourth-order valence-electron chi connectivity index (χ4n) is 2.63. The summed E-state index contributed by atoms with van der Waals surface area (Å²) in [6.45, 7) is 5.76. The Morgan fingerprint density at radius 3 is 2.61 bits per heavy atom. The van der Waals surface area contributed by atoms with Gasteiger partial charge in [-0.05, 0) is 50.5 Å². The number of aryl methyl sites for hydroxylation is 2. The highest BCUT2D eigenvalue weighted by Crippen LogP contribution is 2.16. The molecule has 3 N–H and O–H groups in total. The van der Waals surface area contributed by atoms with Crippen LogP contribution in [0.3, 0.4) is 0 Å². The van der Waals surface area contributed by atoms with Crippen molar-refractivity contribution >= 4 is 18.1 Å². The smallest absolute Gasteiger partial charge is 0.255 e. The predicted octanol–water partition coefficient (Wildman–Crippen LogP) is 2.86. The Bertz CT molecular complexity index is 823. The van der Waals surface area contributed by atoms with Crippen LogP contribution < -0.4 is 10.9 Å². The van der Waals surface area contributed by atoms with Crippen molar-refractivity contribution in [2.45, 2.75) is 39.7 Å². The Hall–Kier alpha value is -2.21. The Morgan fingerprint density at radius 1 is 1.26 bits per heavy atom. The molecule has 0 spiro atoms. The fraction of sp³-hybridized carbons (Fsp3) is 0.353. The maximum absolute atomic E-state index is 12.1. The Balaban J connectivity index is 2.00. The van der Waals surface area contributed by atoms with Crippen molar-refractivity contribution in [2.75, 3.05) is 0 Å². The molecule has 0 bridgehead atoms. The molecule has 2 rings (SSSR count). The van der Waals surface area contributed by atoms with Crippen LogP contribution in [0, 0.1) is 18.6 Å². The molecule has 0 fully saturated rings. The van der Waals surface area contributed by atoms with E-state index in [0.29, 0.717) is 22.4 Å². The second kappa shape index (κ2) is 7.37. The van der Waals surface area contributed by atoms with Gasteiger partial charge in [0, 0.05) is 17.7 Å². The van der Waals surface area contributed by atoms with E-state index >= 15 is 0 Å². The third-order valence-corrected chi connectivity index (χ3v) is 4.09. The summed E-state index contributed by atoms with van der Waals surface area (Å²) in [7, 11) is 0. The summed E-state index contributed by atoms with van der Waals surface area (Å²) < 4.78 is 0.300. The van der Waals surface area contributed by atoms with E-state index in [-0.39, 0.29) is 23.9 Å². The van der Waals surface area contributed by atoms with E-state index < -0.39 is 0 Å². The van der Waals surface area contributed by atoms with Crippen molar-refractivity contribution in [3.05, 3.63) is 61.8 Å². The van der Waals surface area contributed by atoms with Crippen molar-refractivity contribution in [1.29, 1.82) is 0 Å². The molecule has 0 unspecified atom stereocenters. The number of amides is 1. The summed E-state index contributed by atoms with van der Waals surface area (Å²) in [5, 5.41) is 2.98. The summed E-state index contributed by atoms with van der Waals surface area (Å²) >= 11 is 4.92. The third kappa shape index (κ3) is 4.39. The van der Waals surface area contributed by atoms with Gasteiger partial charge in [0.05, 0.1) is 6.04 Å². The van der Waals surface area contributed by atoms with Crippen molar-refractivity contribution in [3.8, 4) is 0 Å². The van der Waals surface area contributed by atoms with Crippen LogP contribution in [0.5, 0.6) is 0 Å². The minimum Gasteiger partial charge on any atom is -0.350 e. The van der Waals surface area contributed by atoms with Crippen molar-refractivity contribution in [1.82, 2.24) is 15.3 Å². The zero-order valence-electron chi connectivity index (χ0n) is 13.5. The zero-order chi connectivity index (χ0) is 17.0. The minimum atomic E-state index is -0.231. The molecule has 1 heterocycles. The first-order chi connectivity index (χ1) is 10.9. The molecule has 0 aliphatic rings. The van der Waals surface area contributed by atoms with Gasteiger partial charge in [0.15, 0.2) is 4.77 Å². The zero-order valence-corrected chi connectivity index (χ0v) is 14.3. The lowest BCUT2D eigenvalue weighted by Gasteiger charge is -2.16. The Kier molecular flexibility index (Phi) is 5.50. The molecular formula is C17H21N3O2S. The van der Waals surface area contributed by atoms with Crippen LogP contribution >= 0.6 is 12.2 Å². The lowest BCUT2D eigenvalue weighted by Crippen LogP contribution is -2.28. The molecular weight excluding hydrogens is 310 g/mol. The SMILES string of the molecule is Cc1ccccc1[C@H](C)NC(=O)CCc1c(C)[nH]c(=S)[nH]c1=O. The maximum Gasteiger partial charge on any atom is 0.255 e. The highest BCUT2D eigenvalue weighted by atomic mass is 32.1. The molecule has 5 nitrogen and oxygen atoms in total. The summed E-state index contributed by atoms with van der Waals surface area (Å²) in [5.74, 6) is -0.0815. The van der Waals surface area contributed by atoms with E-state index in [9.17, 15) is 9.59 Å². The Labute approximate surface area is 140 Å². The summed E-state index contributed by atoms with van der Waals surface area (Å²) in [5.41, 5.74) is 3.28. The van der Waals surface area contributed by atoms with Gasteiger partial charge in [-0.25, -0.2) is 0 Å². The van der Waals surface area contributed by atoms with Crippen LogP contribution in [-0.4, -0.2) is 15.9 Å². The molecule has 1 atom stereocenters. The summed E-state index contributed by atoms with van der Waals surface area (Å²) in [6, 6.07) is 7.89. The van der Waals surface area contributed by atoms with Gasteiger partial charge in [-0.15, -0.1) is 0 Å². The van der Waals surface area contributed by atoms with E-state index in [2.05, 4.69) is 15.3 Å². The summed E-state index contributed by atoms with van der Waals surface area (Å²) in [4.78, 5) is 29.5. The fourth-order valence-corrected chi connectivity index (χ4v) is 2.88. The number of hydrogen-bond acceptors (Lipinski definition) is 3. The van der Waals surface area contributed by atoms with Gasteiger partial charge in [-0.2, -0.15) is 0 Å². The molecule has 0 aliphatic heterocycles. The quantitative estimate of drug-likeness (QED) is 0.737. The van der Waals surface area contributed by atoms with Crippen LogP contribution in [0.1, 0.15) is 41.8 Å². The first-order valence-corrected chi connectivity index (χ1v) is 7.96. The number of hydrogen-bond donors (Lipinski definition) is 3. The lowest BCUT2D eigenvalue weighted by molar-refractivity contribution is -0.121. The first-order valence-electron chi connectivity index (χ1n) is 7.55. The number of aromatic amines is 2. The normalized spacial score (nSPS) is 12.0. The largest absolute Gasteiger partial charge is 0.350 e. The third-order valence-electron chi connectivity index (χ3n) is 3.89. The monoisotopic (exact) mass is 331 g/mol. The van der Waals surface area contributed by atoms with Gasteiger partial charge >= 0.3 is 0 Å². The van der Waals surface area contributed by atoms with Gasteiger partial charge in [0.2, 0.25) is 5.91 Å². The lowest BCUT2D eigenvalue weighted by atomic mass is 10.0. The number of benzene rings is 1. The van der Waals surface area contributed by atoms with Crippen LogP contribution in [0.4, 0.5) is 0 Å². The first kappa shape index (κ1) is 17.1. The van der Waals surface area contributed by atoms with E-state index in [1.54, 1.807) is 6.92 Å². The average molecular weight is 331 g/mol. The second-order valence-corrected chi connectivity index (χ2v) is 6.07. The molecule has 0 saturated carbocycles. The molecule has 0 saturated heterocycles. The van der Waals surface area contributed by atoms with Crippen molar-refractivity contribution < 1.29 is 4.79 Å². The number of H-pyrrole nitrogens is 2. The Morgan fingerprint density at radius 2 is 1.96 bits per heavy atom. The molecule has 2 aromatic rings. The molecule has 23 heavy (non-hydrogen) atoms. The van der Waals surface area contributed by atoms with Gasteiger partial charge in [-0.3, -0.25) is 14.6 Å². The highest BCUT2D eigenvalue weighted by molar-refractivity contribution is 7.71. The predicted molar refractivity (Wildman–Crippen MR) is 93.0 cm³/mol. The molecule has 1 aromatic carbocycles. The van der Waals surface area contributed by atoms with Crippen LogP contribution in [0.25, 0.3) is 0 Å². The van der Waals surface area contributed by atoms with Gasteiger partial charge in [-0.1, -0.05) is 24.3 Å². The van der Waals surface area contributed by atoms with E-state index in [1.165, 1.54) is 0 Å².